The molecule has 0 aromatic rings. The number of carbonyl (C=O) groups is 1. The number of amides is 1. The average molecular weight is 464 g/mol. The van der Waals surface area contributed by atoms with Gasteiger partial charge in [-0.3, -0.25) is 9.36 Å². The van der Waals surface area contributed by atoms with Gasteiger partial charge in [0.1, 0.15) is 0 Å². The SMILES string of the molecule is CC(C)N(C(=O)[C@H]1CC[C@H]2[C@@H]3CC=C4C=C(P(=O)(O)O)CC[C@]4(C)[C@H]3CC[C@]12C)C(C)C. The lowest BCUT2D eigenvalue weighted by molar-refractivity contribution is -0.146. The van der Waals surface area contributed by atoms with E-state index >= 15 is 0 Å². The molecule has 0 aromatic carbocycles. The highest BCUT2D eigenvalue weighted by Crippen LogP contribution is 2.67. The highest BCUT2D eigenvalue weighted by molar-refractivity contribution is 7.56. The van der Waals surface area contributed by atoms with Crippen molar-refractivity contribution in [3.8, 4) is 0 Å². The molecule has 0 bridgehead atoms. The van der Waals surface area contributed by atoms with E-state index < -0.39 is 7.60 Å². The summed E-state index contributed by atoms with van der Waals surface area (Å²) in [5, 5.41) is 0.300. The molecule has 4 aliphatic carbocycles. The summed E-state index contributed by atoms with van der Waals surface area (Å²) in [7, 11) is -4.17. The first-order valence-corrected chi connectivity index (χ1v) is 14.2. The summed E-state index contributed by atoms with van der Waals surface area (Å²) in [5.74, 6) is 2.12. The first kappa shape index (κ1) is 24.2. The van der Waals surface area contributed by atoms with Gasteiger partial charge in [-0.05, 0) is 113 Å². The quantitative estimate of drug-likeness (QED) is 0.510. The Kier molecular flexibility index (Phi) is 6.13. The zero-order chi connectivity index (χ0) is 23.6. The number of allylic oxidation sites excluding steroid dienone is 4. The second-order valence-corrected chi connectivity index (χ2v) is 13.6. The molecule has 32 heavy (non-hydrogen) atoms. The number of rotatable bonds is 4. The molecule has 0 unspecified atom stereocenters. The van der Waals surface area contributed by atoms with Crippen molar-refractivity contribution in [3.63, 3.8) is 0 Å². The largest absolute Gasteiger partial charge is 0.352 e. The fourth-order valence-corrected chi connectivity index (χ4v) is 8.94. The van der Waals surface area contributed by atoms with E-state index in [1.807, 2.05) is 6.08 Å². The molecule has 0 heterocycles. The molecule has 5 nitrogen and oxygen atoms in total. The van der Waals surface area contributed by atoms with Crippen LogP contribution in [0.15, 0.2) is 23.0 Å². The first-order valence-electron chi connectivity index (χ1n) is 12.6. The number of nitrogens with zero attached hydrogens (tertiary/aromatic N) is 1. The van der Waals surface area contributed by atoms with Crippen LogP contribution in [0.1, 0.15) is 86.5 Å². The van der Waals surface area contributed by atoms with Gasteiger partial charge in [0.25, 0.3) is 0 Å². The van der Waals surface area contributed by atoms with Gasteiger partial charge >= 0.3 is 7.60 Å². The van der Waals surface area contributed by atoms with E-state index in [9.17, 15) is 19.1 Å². The van der Waals surface area contributed by atoms with Crippen LogP contribution in [0.2, 0.25) is 0 Å². The van der Waals surface area contributed by atoms with E-state index in [4.69, 9.17) is 0 Å². The zero-order valence-corrected chi connectivity index (χ0v) is 21.6. The van der Waals surface area contributed by atoms with E-state index in [2.05, 4.69) is 52.5 Å². The molecule has 6 heteroatoms. The van der Waals surface area contributed by atoms with Crippen LogP contribution in [0.25, 0.3) is 0 Å². The minimum atomic E-state index is -4.17. The van der Waals surface area contributed by atoms with Crippen LogP contribution in [-0.2, 0) is 9.36 Å². The minimum absolute atomic E-state index is 0.00703. The Hall–Kier alpha value is -0.900. The standard InChI is InChI=1S/C26H42NO4P/c1-16(2)27(17(3)4)24(28)23-10-9-21-20-8-7-18-15-19(32(29,30)31)11-13-25(18,5)22(20)12-14-26(21,23)6/h7,15-17,20-23H,8-14H2,1-6H3,(H2,29,30,31)/t20-,21-,22-,23+,25-,26-/m0/s1. The van der Waals surface area contributed by atoms with Gasteiger partial charge in [-0.15, -0.1) is 0 Å². The van der Waals surface area contributed by atoms with E-state index in [0.29, 0.717) is 35.4 Å². The van der Waals surface area contributed by atoms with E-state index in [-0.39, 0.29) is 28.8 Å². The third-order valence-electron chi connectivity index (χ3n) is 9.79. The van der Waals surface area contributed by atoms with Crippen molar-refractivity contribution in [1.29, 1.82) is 0 Å². The molecule has 0 radical (unpaired) electrons. The van der Waals surface area contributed by atoms with Crippen molar-refractivity contribution in [2.24, 2.45) is 34.5 Å². The smallest absolute Gasteiger partial charge is 0.338 e. The van der Waals surface area contributed by atoms with Crippen LogP contribution in [-0.4, -0.2) is 32.7 Å². The second-order valence-electron chi connectivity index (χ2n) is 12.0. The van der Waals surface area contributed by atoms with Gasteiger partial charge in [-0.1, -0.05) is 19.9 Å². The number of carbonyl (C=O) groups excluding carboxylic acids is 1. The van der Waals surface area contributed by atoms with Crippen molar-refractivity contribution in [1.82, 2.24) is 4.90 Å². The first-order chi connectivity index (χ1) is 14.8. The van der Waals surface area contributed by atoms with Crippen LogP contribution >= 0.6 is 7.60 Å². The zero-order valence-electron chi connectivity index (χ0n) is 20.7. The Morgan fingerprint density at radius 1 is 1.06 bits per heavy atom. The summed E-state index contributed by atoms with van der Waals surface area (Å²) in [5.41, 5.74) is 1.19. The third kappa shape index (κ3) is 3.67. The molecule has 2 fully saturated rings. The van der Waals surface area contributed by atoms with Crippen molar-refractivity contribution in [3.05, 3.63) is 23.0 Å². The van der Waals surface area contributed by atoms with Gasteiger partial charge < -0.3 is 14.7 Å². The highest BCUT2D eigenvalue weighted by Gasteiger charge is 2.60. The van der Waals surface area contributed by atoms with Crippen molar-refractivity contribution < 1.29 is 19.1 Å². The molecule has 180 valence electrons. The lowest BCUT2D eigenvalue weighted by atomic mass is 9.48. The molecule has 4 aliphatic rings. The molecular weight excluding hydrogens is 421 g/mol. The summed E-state index contributed by atoms with van der Waals surface area (Å²) >= 11 is 0. The topological polar surface area (TPSA) is 77.8 Å². The number of hydrogen-bond acceptors (Lipinski definition) is 2. The maximum atomic E-state index is 13.7. The van der Waals surface area contributed by atoms with Crippen LogP contribution in [0.5, 0.6) is 0 Å². The van der Waals surface area contributed by atoms with Gasteiger partial charge in [0.05, 0.1) is 0 Å². The fourth-order valence-electron chi connectivity index (χ4n) is 8.23. The van der Waals surface area contributed by atoms with Gasteiger partial charge in [0, 0.05) is 23.3 Å². The van der Waals surface area contributed by atoms with Gasteiger partial charge in [0.15, 0.2) is 0 Å². The molecule has 0 saturated heterocycles. The Bertz CT molecular complexity index is 878. The summed E-state index contributed by atoms with van der Waals surface area (Å²) in [4.78, 5) is 35.2. The molecule has 4 rings (SSSR count). The molecule has 0 aliphatic heterocycles. The molecule has 0 aromatic heterocycles. The van der Waals surface area contributed by atoms with Gasteiger partial charge in [0.2, 0.25) is 5.91 Å². The molecular formula is C26H42NO4P. The van der Waals surface area contributed by atoms with E-state index in [0.717, 1.165) is 44.1 Å². The summed E-state index contributed by atoms with van der Waals surface area (Å²) in [6, 6.07) is 0.440. The molecule has 2 saturated carbocycles. The van der Waals surface area contributed by atoms with Crippen molar-refractivity contribution >= 4 is 13.5 Å². The van der Waals surface area contributed by atoms with Crippen LogP contribution < -0.4 is 0 Å². The Labute approximate surface area is 193 Å². The summed E-state index contributed by atoms with van der Waals surface area (Å²) in [6.45, 7) is 13.2. The van der Waals surface area contributed by atoms with Crippen molar-refractivity contribution in [2.45, 2.75) is 98.6 Å². The normalized spacial score (nSPS) is 39.2. The minimum Gasteiger partial charge on any atom is -0.338 e. The van der Waals surface area contributed by atoms with Gasteiger partial charge in [-0.2, -0.15) is 0 Å². The third-order valence-corrected chi connectivity index (χ3v) is 10.9. The molecule has 1 amide bonds. The molecule has 6 atom stereocenters. The molecule has 0 spiro atoms. The van der Waals surface area contributed by atoms with E-state index in [1.165, 1.54) is 0 Å². The predicted octanol–water partition coefficient (Wildman–Crippen LogP) is 5.88. The second kappa shape index (κ2) is 8.10. The maximum Gasteiger partial charge on any atom is 0.352 e. The van der Waals surface area contributed by atoms with E-state index in [1.54, 1.807) is 0 Å². The van der Waals surface area contributed by atoms with Crippen molar-refractivity contribution in [2.75, 3.05) is 0 Å². The van der Waals surface area contributed by atoms with Crippen LogP contribution in [0, 0.1) is 34.5 Å². The average Bonchev–Trinajstić information content (AvgIpc) is 3.03. The molecule has 2 N–H and O–H groups in total. The Balaban J connectivity index is 1.62. The Morgan fingerprint density at radius 3 is 2.31 bits per heavy atom. The number of hydrogen-bond donors (Lipinski definition) is 2. The lowest BCUT2D eigenvalue weighted by Gasteiger charge is -2.57. The van der Waals surface area contributed by atoms with Crippen LogP contribution in [0.4, 0.5) is 0 Å². The Morgan fingerprint density at radius 2 is 1.72 bits per heavy atom. The summed E-state index contributed by atoms with van der Waals surface area (Å²) < 4.78 is 11.9. The van der Waals surface area contributed by atoms with Crippen LogP contribution in [0.3, 0.4) is 0 Å². The van der Waals surface area contributed by atoms with Gasteiger partial charge in [-0.25, -0.2) is 0 Å². The highest BCUT2D eigenvalue weighted by atomic mass is 31.2. The summed E-state index contributed by atoms with van der Waals surface area (Å²) in [6.07, 6.45) is 10.7. The monoisotopic (exact) mass is 463 g/mol. The number of fused-ring (bicyclic) bond motifs is 5. The fraction of sp³-hybridized carbons (Fsp3) is 0.808. The lowest BCUT2D eigenvalue weighted by Crippen LogP contribution is -2.53. The predicted molar refractivity (Wildman–Crippen MR) is 128 cm³/mol. The maximum absolute atomic E-state index is 13.7.